The molecule has 16 heavy (non-hydrogen) atoms. The quantitative estimate of drug-likeness (QED) is 0.834. The molecule has 4 heteroatoms. The van der Waals surface area contributed by atoms with Gasteiger partial charge in [0, 0.05) is 4.88 Å². The van der Waals surface area contributed by atoms with Gasteiger partial charge in [-0.25, -0.2) is 0 Å². The van der Waals surface area contributed by atoms with Crippen LogP contribution in [0.25, 0.3) is 10.4 Å². The maximum Gasteiger partial charge on any atom is 0.251 e. The van der Waals surface area contributed by atoms with Crippen LogP contribution in [0.15, 0.2) is 30.3 Å². The number of primary amides is 1. The molecule has 82 valence electrons. The number of benzene rings is 1. The first-order valence-corrected chi connectivity index (χ1v) is 5.66. The van der Waals surface area contributed by atoms with Gasteiger partial charge >= 0.3 is 0 Å². The molecular formula is C12H12N2OS. The number of anilines is 1. The zero-order valence-corrected chi connectivity index (χ0v) is 9.67. The first-order valence-electron chi connectivity index (χ1n) is 4.84. The van der Waals surface area contributed by atoms with E-state index in [-0.39, 0.29) is 0 Å². The summed E-state index contributed by atoms with van der Waals surface area (Å²) in [6, 6.07) is 9.72. The van der Waals surface area contributed by atoms with Gasteiger partial charge in [0.15, 0.2) is 0 Å². The van der Waals surface area contributed by atoms with Crippen LogP contribution in [0.5, 0.6) is 0 Å². The maximum atomic E-state index is 11.1. The van der Waals surface area contributed by atoms with E-state index in [1.807, 2.05) is 31.2 Å². The van der Waals surface area contributed by atoms with Gasteiger partial charge in [0.25, 0.3) is 5.91 Å². The molecule has 0 unspecified atom stereocenters. The van der Waals surface area contributed by atoms with E-state index in [0.29, 0.717) is 10.6 Å². The van der Waals surface area contributed by atoms with Crippen molar-refractivity contribution in [1.82, 2.24) is 0 Å². The van der Waals surface area contributed by atoms with Crippen molar-refractivity contribution in [3.05, 3.63) is 41.5 Å². The van der Waals surface area contributed by atoms with Crippen LogP contribution < -0.4 is 11.5 Å². The molecule has 0 aliphatic rings. The van der Waals surface area contributed by atoms with Crippen LogP contribution in [-0.2, 0) is 0 Å². The molecule has 0 spiro atoms. The van der Waals surface area contributed by atoms with Crippen LogP contribution in [0, 0.1) is 6.92 Å². The van der Waals surface area contributed by atoms with Gasteiger partial charge in [-0.3, -0.25) is 4.79 Å². The molecule has 0 atom stereocenters. The van der Waals surface area contributed by atoms with Crippen LogP contribution in [0.3, 0.4) is 0 Å². The fraction of sp³-hybridized carbons (Fsp3) is 0.0833. The normalized spacial score (nSPS) is 10.3. The van der Waals surface area contributed by atoms with Gasteiger partial charge in [-0.1, -0.05) is 24.3 Å². The topological polar surface area (TPSA) is 69.1 Å². The van der Waals surface area contributed by atoms with Gasteiger partial charge in [0.1, 0.15) is 0 Å². The SMILES string of the molecule is Cc1ccccc1-c1cc(C(N)=O)c(N)s1. The van der Waals surface area contributed by atoms with Gasteiger partial charge in [0.2, 0.25) is 0 Å². The largest absolute Gasteiger partial charge is 0.390 e. The summed E-state index contributed by atoms with van der Waals surface area (Å²) in [7, 11) is 0. The fourth-order valence-electron chi connectivity index (χ4n) is 1.58. The predicted molar refractivity (Wildman–Crippen MR) is 67.4 cm³/mol. The number of aryl methyl sites for hydroxylation is 1. The van der Waals surface area contributed by atoms with E-state index in [0.717, 1.165) is 16.0 Å². The van der Waals surface area contributed by atoms with Crippen molar-refractivity contribution in [2.45, 2.75) is 6.92 Å². The number of nitrogen functional groups attached to an aromatic ring is 1. The molecule has 2 aromatic rings. The van der Waals surface area contributed by atoms with Crippen molar-refractivity contribution in [2.75, 3.05) is 5.73 Å². The lowest BCUT2D eigenvalue weighted by Crippen LogP contribution is -2.11. The summed E-state index contributed by atoms with van der Waals surface area (Å²) in [6.45, 7) is 2.02. The molecule has 0 radical (unpaired) electrons. The molecule has 1 aromatic heterocycles. The fourth-order valence-corrected chi connectivity index (χ4v) is 2.60. The molecule has 0 saturated carbocycles. The van der Waals surface area contributed by atoms with Crippen LogP contribution in [0.2, 0.25) is 0 Å². The van der Waals surface area contributed by atoms with Crippen molar-refractivity contribution in [3.8, 4) is 10.4 Å². The van der Waals surface area contributed by atoms with Crippen molar-refractivity contribution in [2.24, 2.45) is 5.73 Å². The summed E-state index contributed by atoms with van der Waals surface area (Å²) in [5, 5.41) is 0.478. The number of rotatable bonds is 2. The van der Waals surface area contributed by atoms with E-state index in [4.69, 9.17) is 11.5 Å². The zero-order valence-electron chi connectivity index (χ0n) is 8.86. The average molecular weight is 232 g/mol. The number of amides is 1. The van der Waals surface area contributed by atoms with Crippen molar-refractivity contribution in [1.29, 1.82) is 0 Å². The monoisotopic (exact) mass is 232 g/mol. The average Bonchev–Trinajstić information content (AvgIpc) is 2.61. The Labute approximate surface area is 97.7 Å². The Hall–Kier alpha value is -1.81. The molecule has 0 fully saturated rings. The van der Waals surface area contributed by atoms with Crippen molar-refractivity contribution in [3.63, 3.8) is 0 Å². The van der Waals surface area contributed by atoms with E-state index >= 15 is 0 Å². The predicted octanol–water partition coefficient (Wildman–Crippen LogP) is 2.40. The molecule has 1 aromatic carbocycles. The minimum atomic E-state index is -0.478. The Morgan fingerprint density at radius 2 is 2.00 bits per heavy atom. The van der Waals surface area contributed by atoms with Crippen LogP contribution >= 0.6 is 11.3 Å². The molecule has 4 N–H and O–H groups in total. The van der Waals surface area contributed by atoms with Gasteiger partial charge in [-0.2, -0.15) is 0 Å². The maximum absolute atomic E-state index is 11.1. The smallest absolute Gasteiger partial charge is 0.251 e. The standard InChI is InChI=1S/C12H12N2OS/c1-7-4-2-3-5-8(7)10-6-9(11(13)15)12(14)16-10/h2-6H,14H2,1H3,(H2,13,15). The van der Waals surface area contributed by atoms with Crippen LogP contribution in [-0.4, -0.2) is 5.91 Å². The summed E-state index contributed by atoms with van der Waals surface area (Å²) in [6.07, 6.45) is 0. The third kappa shape index (κ3) is 1.79. The first kappa shape index (κ1) is 10.7. The summed E-state index contributed by atoms with van der Waals surface area (Å²) in [5.41, 5.74) is 13.6. The Bertz CT molecular complexity index is 546. The number of hydrogen-bond donors (Lipinski definition) is 2. The molecule has 0 saturated heterocycles. The number of nitrogens with two attached hydrogens (primary N) is 2. The molecule has 0 bridgehead atoms. The Balaban J connectivity index is 2.54. The van der Waals surface area contributed by atoms with Gasteiger partial charge in [-0.15, -0.1) is 11.3 Å². The molecule has 3 nitrogen and oxygen atoms in total. The summed E-state index contributed by atoms with van der Waals surface area (Å²) in [5.74, 6) is -0.478. The molecule has 1 amide bonds. The number of thiophene rings is 1. The number of carbonyl (C=O) groups is 1. The van der Waals surface area contributed by atoms with E-state index in [9.17, 15) is 4.79 Å². The highest BCUT2D eigenvalue weighted by atomic mass is 32.1. The molecule has 0 aliphatic carbocycles. The Kier molecular flexibility index (Phi) is 2.66. The first-order chi connectivity index (χ1) is 7.59. The van der Waals surface area contributed by atoms with E-state index < -0.39 is 5.91 Å². The van der Waals surface area contributed by atoms with Crippen LogP contribution in [0.4, 0.5) is 5.00 Å². The van der Waals surface area contributed by atoms with E-state index in [2.05, 4.69) is 0 Å². The second kappa shape index (κ2) is 3.98. The van der Waals surface area contributed by atoms with Gasteiger partial charge in [0.05, 0.1) is 10.6 Å². The number of hydrogen-bond acceptors (Lipinski definition) is 3. The third-order valence-electron chi connectivity index (χ3n) is 2.44. The van der Waals surface area contributed by atoms with E-state index in [1.165, 1.54) is 11.3 Å². The second-order valence-corrected chi connectivity index (χ2v) is 4.65. The van der Waals surface area contributed by atoms with Gasteiger partial charge in [-0.05, 0) is 24.1 Å². The molecule has 0 aliphatic heterocycles. The highest BCUT2D eigenvalue weighted by Crippen LogP contribution is 2.34. The molecule has 2 rings (SSSR count). The Morgan fingerprint density at radius 1 is 1.31 bits per heavy atom. The summed E-state index contributed by atoms with van der Waals surface area (Å²) >= 11 is 1.39. The minimum absolute atomic E-state index is 0.406. The lowest BCUT2D eigenvalue weighted by atomic mass is 10.1. The Morgan fingerprint density at radius 3 is 2.56 bits per heavy atom. The second-order valence-electron chi connectivity index (χ2n) is 3.57. The van der Waals surface area contributed by atoms with Gasteiger partial charge < -0.3 is 11.5 Å². The molecular weight excluding hydrogens is 220 g/mol. The third-order valence-corrected chi connectivity index (χ3v) is 3.43. The highest BCUT2D eigenvalue weighted by Gasteiger charge is 2.12. The van der Waals surface area contributed by atoms with E-state index in [1.54, 1.807) is 6.07 Å². The lowest BCUT2D eigenvalue weighted by Gasteiger charge is -2.00. The lowest BCUT2D eigenvalue weighted by molar-refractivity contribution is 0.100. The zero-order chi connectivity index (χ0) is 11.7. The van der Waals surface area contributed by atoms with Crippen molar-refractivity contribution >= 4 is 22.2 Å². The minimum Gasteiger partial charge on any atom is -0.390 e. The summed E-state index contributed by atoms with van der Waals surface area (Å²) < 4.78 is 0. The number of carbonyl (C=O) groups excluding carboxylic acids is 1. The molecule has 1 heterocycles. The van der Waals surface area contributed by atoms with Crippen molar-refractivity contribution < 1.29 is 4.79 Å². The summed E-state index contributed by atoms with van der Waals surface area (Å²) in [4.78, 5) is 12.1. The van der Waals surface area contributed by atoms with Crippen LogP contribution in [0.1, 0.15) is 15.9 Å². The highest BCUT2D eigenvalue weighted by molar-refractivity contribution is 7.19.